The van der Waals surface area contributed by atoms with Gasteiger partial charge in [-0.05, 0) is 50.2 Å². The number of nitrogens with one attached hydrogen (secondary N) is 1. The van der Waals surface area contributed by atoms with Gasteiger partial charge >= 0.3 is 0 Å². The highest BCUT2D eigenvalue weighted by molar-refractivity contribution is 5.76. The molecule has 6 heteroatoms. The summed E-state index contributed by atoms with van der Waals surface area (Å²) in [6.45, 7) is 3.91. The summed E-state index contributed by atoms with van der Waals surface area (Å²) < 4.78 is 0. The Bertz CT molecular complexity index is 811. The minimum atomic E-state index is 0.239. The molecular formula is C23H31N5O. The van der Waals surface area contributed by atoms with E-state index in [1.54, 1.807) is 6.20 Å². The third-order valence-electron chi connectivity index (χ3n) is 6.15. The van der Waals surface area contributed by atoms with E-state index >= 15 is 0 Å². The van der Waals surface area contributed by atoms with Gasteiger partial charge in [0.1, 0.15) is 11.5 Å². The molecule has 0 radical (unpaired) electrons. The first-order chi connectivity index (χ1) is 14.2. The van der Waals surface area contributed by atoms with Crippen molar-refractivity contribution in [3.8, 4) is 11.5 Å². The van der Waals surface area contributed by atoms with Crippen LogP contribution in [0.25, 0.3) is 11.5 Å². The summed E-state index contributed by atoms with van der Waals surface area (Å²) in [7, 11) is 0. The number of piperidine rings is 1. The van der Waals surface area contributed by atoms with Gasteiger partial charge in [-0.15, -0.1) is 0 Å². The van der Waals surface area contributed by atoms with Gasteiger partial charge < -0.3 is 10.2 Å². The molecule has 29 heavy (non-hydrogen) atoms. The maximum Gasteiger partial charge on any atom is 0.220 e. The van der Waals surface area contributed by atoms with E-state index in [0.717, 1.165) is 49.6 Å². The van der Waals surface area contributed by atoms with Crippen LogP contribution in [0, 0.1) is 5.92 Å². The molecule has 2 aromatic rings. The second kappa shape index (κ2) is 9.33. The van der Waals surface area contributed by atoms with Crippen molar-refractivity contribution >= 4 is 11.7 Å². The van der Waals surface area contributed by atoms with Crippen molar-refractivity contribution in [2.45, 2.75) is 64.3 Å². The predicted molar refractivity (Wildman–Crippen MR) is 115 cm³/mol. The summed E-state index contributed by atoms with van der Waals surface area (Å²) in [6.07, 6.45) is 10.3. The maximum atomic E-state index is 12.4. The normalized spacial score (nSPS) is 18.2. The number of carbonyl (C=O) groups is 1. The van der Waals surface area contributed by atoms with E-state index in [1.165, 1.54) is 25.7 Å². The Morgan fingerprint density at radius 3 is 2.62 bits per heavy atom. The quantitative estimate of drug-likeness (QED) is 0.809. The van der Waals surface area contributed by atoms with Gasteiger partial charge in [-0.25, -0.2) is 9.97 Å². The molecule has 1 N–H and O–H groups in total. The molecule has 2 aromatic heterocycles. The Morgan fingerprint density at radius 1 is 1.14 bits per heavy atom. The van der Waals surface area contributed by atoms with Crippen LogP contribution < -0.4 is 10.2 Å². The lowest BCUT2D eigenvalue weighted by molar-refractivity contribution is -0.122. The summed E-state index contributed by atoms with van der Waals surface area (Å²) >= 11 is 0. The first kappa shape index (κ1) is 19.8. The van der Waals surface area contributed by atoms with Crippen molar-refractivity contribution in [1.29, 1.82) is 0 Å². The van der Waals surface area contributed by atoms with E-state index in [0.29, 0.717) is 18.2 Å². The van der Waals surface area contributed by atoms with Crippen LogP contribution in [-0.2, 0) is 11.2 Å². The topological polar surface area (TPSA) is 71.0 Å². The molecule has 2 fully saturated rings. The minimum absolute atomic E-state index is 0.239. The molecule has 0 spiro atoms. The van der Waals surface area contributed by atoms with E-state index in [4.69, 9.17) is 4.98 Å². The number of hydrogen-bond acceptors (Lipinski definition) is 5. The zero-order chi connectivity index (χ0) is 20.1. The number of nitrogens with zero attached hydrogens (tertiary/aromatic N) is 4. The summed E-state index contributed by atoms with van der Waals surface area (Å²) in [6, 6.07) is 8.18. The van der Waals surface area contributed by atoms with Crippen LogP contribution in [0.4, 0.5) is 5.82 Å². The third kappa shape index (κ3) is 5.11. The second-order valence-electron chi connectivity index (χ2n) is 8.29. The largest absolute Gasteiger partial charge is 0.356 e. The fraction of sp³-hybridized carbons (Fsp3) is 0.565. The van der Waals surface area contributed by atoms with Gasteiger partial charge in [0, 0.05) is 43.5 Å². The smallest absolute Gasteiger partial charge is 0.220 e. The molecule has 0 unspecified atom stereocenters. The fourth-order valence-electron chi connectivity index (χ4n) is 4.45. The van der Waals surface area contributed by atoms with Gasteiger partial charge in [-0.3, -0.25) is 9.78 Å². The SMILES string of the molecule is CCc1cc(N2CCC(NC(=O)CC3CCCC3)CC2)nc(-c2ccccn2)n1. The van der Waals surface area contributed by atoms with Crippen LogP contribution in [0.1, 0.15) is 57.6 Å². The monoisotopic (exact) mass is 393 g/mol. The van der Waals surface area contributed by atoms with Crippen molar-refractivity contribution in [1.82, 2.24) is 20.3 Å². The molecule has 1 saturated carbocycles. The molecule has 4 rings (SSSR count). The van der Waals surface area contributed by atoms with Crippen LogP contribution in [0.3, 0.4) is 0 Å². The molecule has 0 atom stereocenters. The zero-order valence-electron chi connectivity index (χ0n) is 17.3. The highest BCUT2D eigenvalue weighted by atomic mass is 16.1. The zero-order valence-corrected chi connectivity index (χ0v) is 17.3. The lowest BCUT2D eigenvalue weighted by Gasteiger charge is -2.33. The van der Waals surface area contributed by atoms with Crippen molar-refractivity contribution in [3.63, 3.8) is 0 Å². The highest BCUT2D eigenvalue weighted by Gasteiger charge is 2.24. The Balaban J connectivity index is 1.37. The molecule has 6 nitrogen and oxygen atoms in total. The number of pyridine rings is 1. The first-order valence-corrected chi connectivity index (χ1v) is 11.0. The van der Waals surface area contributed by atoms with Crippen molar-refractivity contribution in [3.05, 3.63) is 36.2 Å². The van der Waals surface area contributed by atoms with Crippen LogP contribution in [-0.4, -0.2) is 40.0 Å². The fourth-order valence-corrected chi connectivity index (χ4v) is 4.45. The number of amides is 1. The van der Waals surface area contributed by atoms with Gasteiger partial charge in [0.25, 0.3) is 0 Å². The Kier molecular flexibility index (Phi) is 6.37. The minimum Gasteiger partial charge on any atom is -0.356 e. The van der Waals surface area contributed by atoms with E-state index in [-0.39, 0.29) is 11.9 Å². The van der Waals surface area contributed by atoms with Gasteiger partial charge in [0.15, 0.2) is 5.82 Å². The summed E-state index contributed by atoms with van der Waals surface area (Å²) in [5.74, 6) is 2.50. The molecular weight excluding hydrogens is 362 g/mol. The standard InChI is InChI=1S/C23H31N5O/c1-2-18-16-21(27-23(26-18)20-9-5-6-12-24-20)28-13-10-19(11-14-28)25-22(29)15-17-7-3-4-8-17/h5-6,9,12,16-17,19H,2-4,7-8,10-11,13-15H2,1H3,(H,25,29). The average molecular weight is 394 g/mol. The first-order valence-electron chi connectivity index (χ1n) is 11.0. The molecule has 154 valence electrons. The molecule has 3 heterocycles. The van der Waals surface area contributed by atoms with Gasteiger partial charge in [0.2, 0.25) is 5.91 Å². The molecule has 0 aromatic carbocycles. The van der Waals surface area contributed by atoms with Gasteiger partial charge in [-0.2, -0.15) is 0 Å². The number of anilines is 1. The summed E-state index contributed by atoms with van der Waals surface area (Å²) in [5.41, 5.74) is 1.83. The van der Waals surface area contributed by atoms with Crippen molar-refractivity contribution in [2.75, 3.05) is 18.0 Å². The number of rotatable bonds is 6. The summed E-state index contributed by atoms with van der Waals surface area (Å²) in [5, 5.41) is 3.27. The number of aromatic nitrogens is 3. The highest BCUT2D eigenvalue weighted by Crippen LogP contribution is 2.28. The van der Waals surface area contributed by atoms with E-state index < -0.39 is 0 Å². The van der Waals surface area contributed by atoms with Crippen LogP contribution >= 0.6 is 0 Å². The van der Waals surface area contributed by atoms with E-state index in [9.17, 15) is 4.79 Å². The van der Waals surface area contributed by atoms with Crippen molar-refractivity contribution in [2.24, 2.45) is 5.92 Å². The van der Waals surface area contributed by atoms with Gasteiger partial charge in [-0.1, -0.05) is 25.8 Å². The molecule has 2 aliphatic rings. The molecule has 1 amide bonds. The van der Waals surface area contributed by atoms with E-state index in [1.807, 2.05) is 18.2 Å². The molecule has 0 bridgehead atoms. The maximum absolute atomic E-state index is 12.4. The predicted octanol–water partition coefficient (Wildman–Crippen LogP) is 3.77. The second-order valence-corrected chi connectivity index (χ2v) is 8.29. The number of carbonyl (C=O) groups excluding carboxylic acids is 1. The van der Waals surface area contributed by atoms with E-state index in [2.05, 4.69) is 33.2 Å². The third-order valence-corrected chi connectivity index (χ3v) is 6.15. The van der Waals surface area contributed by atoms with Gasteiger partial charge in [0.05, 0.1) is 0 Å². The average Bonchev–Trinajstić information content (AvgIpc) is 3.27. The lowest BCUT2D eigenvalue weighted by atomic mass is 10.0. The van der Waals surface area contributed by atoms with Crippen LogP contribution in [0.15, 0.2) is 30.5 Å². The molecule has 1 aliphatic heterocycles. The Hall–Kier alpha value is -2.50. The van der Waals surface area contributed by atoms with Crippen LogP contribution in [0.2, 0.25) is 0 Å². The van der Waals surface area contributed by atoms with Crippen LogP contribution in [0.5, 0.6) is 0 Å². The summed E-state index contributed by atoms with van der Waals surface area (Å²) in [4.78, 5) is 28.5. The van der Waals surface area contributed by atoms with Crippen molar-refractivity contribution < 1.29 is 4.79 Å². The Labute approximate surface area is 173 Å². The number of aryl methyl sites for hydroxylation is 1. The Morgan fingerprint density at radius 2 is 1.93 bits per heavy atom. The lowest BCUT2D eigenvalue weighted by Crippen LogP contribution is -2.45. The number of hydrogen-bond donors (Lipinski definition) is 1. The molecule has 1 saturated heterocycles. The molecule has 1 aliphatic carbocycles.